The number of esters is 1. The molecule has 0 aromatic rings. The van der Waals surface area contributed by atoms with Crippen LogP contribution in [0.3, 0.4) is 0 Å². The predicted molar refractivity (Wildman–Crippen MR) is 85.6 cm³/mol. The molecule has 4 unspecified atom stereocenters. The summed E-state index contributed by atoms with van der Waals surface area (Å²) in [6.45, 7) is 10.6. The average Bonchev–Trinajstić information content (AvgIpc) is 3.21. The lowest BCUT2D eigenvalue weighted by molar-refractivity contribution is -0.145. The first-order valence-corrected chi connectivity index (χ1v) is 8.88. The fourth-order valence-corrected chi connectivity index (χ4v) is 3.64. The van der Waals surface area contributed by atoms with Gasteiger partial charge in [-0.15, -0.1) is 0 Å². The molecular formula is C18H32O4. The van der Waals surface area contributed by atoms with Crippen molar-refractivity contribution >= 4 is 5.97 Å². The molecule has 2 fully saturated rings. The zero-order valence-corrected chi connectivity index (χ0v) is 14.6. The Morgan fingerprint density at radius 2 is 2.09 bits per heavy atom. The number of carbonyl (C=O) groups is 1. The van der Waals surface area contributed by atoms with Crippen LogP contribution in [-0.4, -0.2) is 37.5 Å². The maximum atomic E-state index is 11.7. The van der Waals surface area contributed by atoms with Gasteiger partial charge in [-0.2, -0.15) is 0 Å². The van der Waals surface area contributed by atoms with Gasteiger partial charge in [0.25, 0.3) is 0 Å². The standard InChI is InChI=1S/C18H32O4/c1-5-20-17(19)11-15-6-8-18(12-22-18)16(10-15)14(4)21-9-7-13(2)3/h13-16H,5-12H2,1-4H3. The molecule has 1 spiro atoms. The fraction of sp³-hybridized carbons (Fsp3) is 0.944. The van der Waals surface area contributed by atoms with Crippen LogP contribution >= 0.6 is 0 Å². The second-order valence-electron chi connectivity index (χ2n) is 7.37. The van der Waals surface area contributed by atoms with Gasteiger partial charge in [-0.25, -0.2) is 0 Å². The molecule has 22 heavy (non-hydrogen) atoms. The van der Waals surface area contributed by atoms with Crippen molar-refractivity contribution < 1.29 is 19.0 Å². The number of hydrogen-bond donors (Lipinski definition) is 0. The Balaban J connectivity index is 1.85. The van der Waals surface area contributed by atoms with E-state index in [0.29, 0.717) is 30.8 Å². The molecule has 0 aromatic carbocycles. The summed E-state index contributed by atoms with van der Waals surface area (Å²) in [5.41, 5.74) is 0.0441. The summed E-state index contributed by atoms with van der Waals surface area (Å²) in [4.78, 5) is 11.7. The molecule has 1 saturated carbocycles. The second-order valence-corrected chi connectivity index (χ2v) is 7.37. The molecule has 1 saturated heterocycles. The molecule has 128 valence electrons. The first-order chi connectivity index (χ1) is 10.5. The third kappa shape index (κ3) is 4.69. The van der Waals surface area contributed by atoms with Gasteiger partial charge in [0.15, 0.2) is 0 Å². The van der Waals surface area contributed by atoms with E-state index < -0.39 is 0 Å². The van der Waals surface area contributed by atoms with Gasteiger partial charge in [0, 0.05) is 18.9 Å². The van der Waals surface area contributed by atoms with E-state index in [9.17, 15) is 4.79 Å². The zero-order chi connectivity index (χ0) is 16.2. The summed E-state index contributed by atoms with van der Waals surface area (Å²) >= 11 is 0. The molecule has 1 aliphatic carbocycles. The summed E-state index contributed by atoms with van der Waals surface area (Å²) < 4.78 is 17.0. The van der Waals surface area contributed by atoms with Crippen molar-refractivity contribution in [2.45, 2.75) is 71.5 Å². The van der Waals surface area contributed by atoms with E-state index in [4.69, 9.17) is 14.2 Å². The van der Waals surface area contributed by atoms with Crippen LogP contribution in [0.4, 0.5) is 0 Å². The van der Waals surface area contributed by atoms with E-state index in [1.807, 2.05) is 6.92 Å². The Kier molecular flexibility index (Phi) is 6.27. The zero-order valence-electron chi connectivity index (χ0n) is 14.6. The molecule has 2 aliphatic rings. The lowest BCUT2D eigenvalue weighted by atomic mass is 9.71. The molecule has 0 radical (unpaired) electrons. The van der Waals surface area contributed by atoms with Crippen LogP contribution in [0.25, 0.3) is 0 Å². The Bertz CT molecular complexity index is 362. The van der Waals surface area contributed by atoms with Crippen LogP contribution in [-0.2, 0) is 19.0 Å². The first kappa shape index (κ1) is 17.7. The number of rotatable bonds is 8. The molecule has 0 amide bonds. The largest absolute Gasteiger partial charge is 0.466 e. The normalized spacial score (nSPS) is 32.2. The maximum absolute atomic E-state index is 11.7. The second kappa shape index (κ2) is 7.78. The molecule has 4 atom stereocenters. The third-order valence-corrected chi connectivity index (χ3v) is 5.16. The van der Waals surface area contributed by atoms with E-state index in [0.717, 1.165) is 38.9 Å². The molecule has 4 nitrogen and oxygen atoms in total. The first-order valence-electron chi connectivity index (χ1n) is 8.88. The van der Waals surface area contributed by atoms with E-state index in [1.54, 1.807) is 0 Å². The minimum Gasteiger partial charge on any atom is -0.466 e. The summed E-state index contributed by atoms with van der Waals surface area (Å²) in [5, 5.41) is 0. The van der Waals surface area contributed by atoms with E-state index in [1.165, 1.54) is 0 Å². The van der Waals surface area contributed by atoms with Crippen LogP contribution in [0.5, 0.6) is 0 Å². The van der Waals surface area contributed by atoms with Crippen molar-refractivity contribution in [1.82, 2.24) is 0 Å². The molecule has 4 heteroatoms. The number of epoxide rings is 1. The van der Waals surface area contributed by atoms with Crippen molar-refractivity contribution in [2.24, 2.45) is 17.8 Å². The topological polar surface area (TPSA) is 48.1 Å². The van der Waals surface area contributed by atoms with Crippen LogP contribution in [0.1, 0.15) is 59.8 Å². The van der Waals surface area contributed by atoms with Crippen LogP contribution in [0.15, 0.2) is 0 Å². The quantitative estimate of drug-likeness (QED) is 0.508. The van der Waals surface area contributed by atoms with Crippen LogP contribution in [0, 0.1) is 17.8 Å². The number of ether oxygens (including phenoxy) is 3. The number of hydrogen-bond acceptors (Lipinski definition) is 4. The molecule has 2 rings (SSSR count). The van der Waals surface area contributed by atoms with E-state index in [2.05, 4.69) is 20.8 Å². The van der Waals surface area contributed by atoms with Gasteiger partial charge in [0.1, 0.15) is 0 Å². The van der Waals surface area contributed by atoms with Crippen molar-refractivity contribution in [3.05, 3.63) is 0 Å². The molecule has 0 N–H and O–H groups in total. The minimum absolute atomic E-state index is 0.0441. The molecule has 1 aliphatic heterocycles. The Hall–Kier alpha value is -0.610. The highest BCUT2D eigenvalue weighted by Crippen LogP contribution is 2.50. The van der Waals surface area contributed by atoms with Gasteiger partial charge in [-0.1, -0.05) is 13.8 Å². The van der Waals surface area contributed by atoms with Gasteiger partial charge in [0.2, 0.25) is 0 Å². The Morgan fingerprint density at radius 3 is 2.68 bits per heavy atom. The molecule has 0 bridgehead atoms. The van der Waals surface area contributed by atoms with Crippen LogP contribution < -0.4 is 0 Å². The van der Waals surface area contributed by atoms with Gasteiger partial charge < -0.3 is 14.2 Å². The number of carbonyl (C=O) groups excluding carboxylic acids is 1. The van der Waals surface area contributed by atoms with E-state index in [-0.39, 0.29) is 17.7 Å². The highest BCUT2D eigenvalue weighted by Gasteiger charge is 2.56. The van der Waals surface area contributed by atoms with E-state index >= 15 is 0 Å². The molecule has 1 heterocycles. The summed E-state index contributed by atoms with van der Waals surface area (Å²) in [5.74, 6) is 1.43. The Morgan fingerprint density at radius 1 is 1.36 bits per heavy atom. The van der Waals surface area contributed by atoms with Crippen molar-refractivity contribution in [3.63, 3.8) is 0 Å². The Labute approximate surface area is 134 Å². The molecule has 0 aromatic heterocycles. The van der Waals surface area contributed by atoms with Gasteiger partial charge in [-0.05, 0) is 51.4 Å². The summed E-state index contributed by atoms with van der Waals surface area (Å²) in [6.07, 6.45) is 4.97. The highest BCUT2D eigenvalue weighted by molar-refractivity contribution is 5.69. The predicted octanol–water partition coefficient (Wildman–Crippen LogP) is 3.58. The summed E-state index contributed by atoms with van der Waals surface area (Å²) in [6, 6.07) is 0. The lowest BCUT2D eigenvalue weighted by Crippen LogP contribution is -2.40. The van der Waals surface area contributed by atoms with Gasteiger partial charge >= 0.3 is 5.97 Å². The summed E-state index contributed by atoms with van der Waals surface area (Å²) in [7, 11) is 0. The van der Waals surface area contributed by atoms with Crippen molar-refractivity contribution in [1.29, 1.82) is 0 Å². The fourth-order valence-electron chi connectivity index (χ4n) is 3.64. The van der Waals surface area contributed by atoms with Crippen LogP contribution in [0.2, 0.25) is 0 Å². The molecular weight excluding hydrogens is 280 g/mol. The van der Waals surface area contributed by atoms with Crippen molar-refractivity contribution in [2.75, 3.05) is 19.8 Å². The van der Waals surface area contributed by atoms with Gasteiger partial charge in [0.05, 0.1) is 24.9 Å². The lowest BCUT2D eigenvalue weighted by Gasteiger charge is -2.37. The third-order valence-electron chi connectivity index (χ3n) is 5.16. The monoisotopic (exact) mass is 312 g/mol. The maximum Gasteiger partial charge on any atom is 0.306 e. The van der Waals surface area contributed by atoms with Crippen molar-refractivity contribution in [3.8, 4) is 0 Å². The average molecular weight is 312 g/mol. The highest BCUT2D eigenvalue weighted by atomic mass is 16.6. The minimum atomic E-state index is -0.0627. The smallest absolute Gasteiger partial charge is 0.306 e. The van der Waals surface area contributed by atoms with Gasteiger partial charge in [-0.3, -0.25) is 4.79 Å². The SMILES string of the molecule is CCOC(=O)CC1CCC2(CO2)C(C(C)OCCC(C)C)C1.